The number of nitrogens with zero attached hydrogens (tertiary/aromatic N) is 1. The maximum atomic E-state index is 11.1. The molecule has 1 aliphatic carbocycles. The summed E-state index contributed by atoms with van der Waals surface area (Å²) in [6.07, 6.45) is 5.13. The predicted molar refractivity (Wildman–Crippen MR) is 56.3 cm³/mol. The highest BCUT2D eigenvalue weighted by Gasteiger charge is 2.44. The summed E-state index contributed by atoms with van der Waals surface area (Å²) in [5.41, 5.74) is -0.414. The summed E-state index contributed by atoms with van der Waals surface area (Å²) in [5, 5.41) is 9.13. The second-order valence-electron chi connectivity index (χ2n) is 4.53. The molecule has 82 valence electrons. The van der Waals surface area contributed by atoms with Crippen LogP contribution in [0.1, 0.15) is 39.0 Å². The Bertz CT molecular complexity index is 199. The van der Waals surface area contributed by atoms with Gasteiger partial charge in [-0.25, -0.2) is 0 Å². The van der Waals surface area contributed by atoms with Crippen molar-refractivity contribution in [2.75, 3.05) is 20.1 Å². The van der Waals surface area contributed by atoms with E-state index in [9.17, 15) is 4.79 Å². The fourth-order valence-electron chi connectivity index (χ4n) is 2.07. The Balaban J connectivity index is 2.36. The molecule has 1 aliphatic rings. The van der Waals surface area contributed by atoms with Crippen molar-refractivity contribution < 1.29 is 9.90 Å². The molecule has 3 heteroatoms. The van der Waals surface area contributed by atoms with Gasteiger partial charge >= 0.3 is 5.97 Å². The number of unbranched alkanes of at least 4 members (excludes halogenated alkanes) is 1. The van der Waals surface area contributed by atoms with Crippen LogP contribution >= 0.6 is 0 Å². The van der Waals surface area contributed by atoms with Crippen LogP contribution in [0.2, 0.25) is 0 Å². The van der Waals surface area contributed by atoms with Gasteiger partial charge in [0, 0.05) is 6.54 Å². The smallest absolute Gasteiger partial charge is 0.310 e. The van der Waals surface area contributed by atoms with E-state index in [2.05, 4.69) is 11.8 Å². The van der Waals surface area contributed by atoms with Gasteiger partial charge in [0.1, 0.15) is 0 Å². The molecule has 1 fully saturated rings. The maximum Gasteiger partial charge on any atom is 0.310 e. The lowest BCUT2D eigenvalue weighted by Gasteiger charge is -2.40. The zero-order chi connectivity index (χ0) is 10.6. The van der Waals surface area contributed by atoms with Gasteiger partial charge in [0.05, 0.1) is 5.41 Å². The van der Waals surface area contributed by atoms with Gasteiger partial charge in [-0.1, -0.05) is 19.8 Å². The van der Waals surface area contributed by atoms with E-state index in [4.69, 9.17) is 5.11 Å². The second kappa shape index (κ2) is 4.78. The third-order valence-electron chi connectivity index (χ3n) is 3.23. The van der Waals surface area contributed by atoms with E-state index in [1.165, 1.54) is 6.42 Å². The minimum atomic E-state index is -0.605. The number of aliphatic carboxylic acids is 1. The third-order valence-corrected chi connectivity index (χ3v) is 3.23. The predicted octanol–water partition coefficient (Wildman–Crippen LogP) is 1.97. The molecule has 0 radical (unpaired) electrons. The van der Waals surface area contributed by atoms with E-state index in [0.29, 0.717) is 0 Å². The molecule has 0 unspecified atom stereocenters. The Morgan fingerprint density at radius 3 is 2.50 bits per heavy atom. The first kappa shape index (κ1) is 11.5. The van der Waals surface area contributed by atoms with Crippen LogP contribution in [0.3, 0.4) is 0 Å². The maximum absolute atomic E-state index is 11.1. The SMILES string of the molecule is CCCCN(C)CC1(C(=O)O)CCC1. The van der Waals surface area contributed by atoms with Crippen LogP contribution in [-0.2, 0) is 4.79 Å². The Morgan fingerprint density at radius 2 is 2.14 bits per heavy atom. The molecule has 0 spiro atoms. The molecule has 0 aliphatic heterocycles. The van der Waals surface area contributed by atoms with Crippen LogP contribution in [0, 0.1) is 5.41 Å². The summed E-state index contributed by atoms with van der Waals surface area (Å²) in [7, 11) is 2.03. The van der Waals surface area contributed by atoms with Crippen molar-refractivity contribution >= 4 is 5.97 Å². The van der Waals surface area contributed by atoms with Crippen LogP contribution in [-0.4, -0.2) is 36.1 Å². The molecule has 1 saturated carbocycles. The molecule has 0 aromatic carbocycles. The van der Waals surface area contributed by atoms with Crippen LogP contribution in [0.4, 0.5) is 0 Å². The van der Waals surface area contributed by atoms with E-state index >= 15 is 0 Å². The molecule has 0 aromatic heterocycles. The first-order chi connectivity index (χ1) is 6.60. The van der Waals surface area contributed by atoms with Gasteiger partial charge in [0.2, 0.25) is 0 Å². The lowest BCUT2D eigenvalue weighted by molar-refractivity contribution is -0.156. The van der Waals surface area contributed by atoms with Gasteiger partial charge in [-0.15, -0.1) is 0 Å². The van der Waals surface area contributed by atoms with E-state index in [0.717, 1.165) is 38.8 Å². The quantitative estimate of drug-likeness (QED) is 0.711. The average molecular weight is 199 g/mol. The molecule has 1 rings (SSSR count). The Labute approximate surface area is 86.1 Å². The van der Waals surface area contributed by atoms with E-state index in [1.54, 1.807) is 0 Å². The summed E-state index contributed by atoms with van der Waals surface area (Å²) in [6.45, 7) is 3.90. The summed E-state index contributed by atoms with van der Waals surface area (Å²) in [4.78, 5) is 13.2. The topological polar surface area (TPSA) is 40.5 Å². The fraction of sp³-hybridized carbons (Fsp3) is 0.909. The molecule has 0 saturated heterocycles. The molecule has 3 nitrogen and oxygen atoms in total. The minimum absolute atomic E-state index is 0.414. The highest BCUT2D eigenvalue weighted by molar-refractivity contribution is 5.76. The van der Waals surface area contributed by atoms with Crippen molar-refractivity contribution in [2.45, 2.75) is 39.0 Å². The molecule has 0 amide bonds. The zero-order valence-electron chi connectivity index (χ0n) is 9.25. The first-order valence-electron chi connectivity index (χ1n) is 5.53. The number of hydrogen-bond acceptors (Lipinski definition) is 2. The molecule has 0 atom stereocenters. The van der Waals surface area contributed by atoms with Gasteiger partial charge < -0.3 is 10.0 Å². The van der Waals surface area contributed by atoms with Crippen LogP contribution < -0.4 is 0 Å². The summed E-state index contributed by atoms with van der Waals surface area (Å²) in [5.74, 6) is -0.605. The largest absolute Gasteiger partial charge is 0.481 e. The molecule has 1 N–H and O–H groups in total. The average Bonchev–Trinajstić information content (AvgIpc) is 2.07. The van der Waals surface area contributed by atoms with Crippen molar-refractivity contribution in [1.29, 1.82) is 0 Å². The van der Waals surface area contributed by atoms with E-state index < -0.39 is 11.4 Å². The number of carboxylic acid groups (broad SMARTS) is 1. The monoisotopic (exact) mass is 199 g/mol. The van der Waals surface area contributed by atoms with Crippen LogP contribution in [0.25, 0.3) is 0 Å². The number of carboxylic acids is 1. The Hall–Kier alpha value is -0.570. The van der Waals surface area contributed by atoms with Crippen molar-refractivity contribution in [3.8, 4) is 0 Å². The third kappa shape index (κ3) is 2.47. The van der Waals surface area contributed by atoms with Crippen molar-refractivity contribution in [1.82, 2.24) is 4.90 Å². The molecule has 0 heterocycles. The number of rotatable bonds is 6. The van der Waals surface area contributed by atoms with Gasteiger partial charge in [-0.05, 0) is 32.9 Å². The molecule has 0 aromatic rings. The summed E-state index contributed by atoms with van der Waals surface area (Å²) >= 11 is 0. The zero-order valence-corrected chi connectivity index (χ0v) is 9.25. The van der Waals surface area contributed by atoms with E-state index in [-0.39, 0.29) is 0 Å². The standard InChI is InChI=1S/C11H21NO2/c1-3-4-8-12(2)9-11(10(13)14)6-5-7-11/h3-9H2,1-2H3,(H,13,14). The lowest BCUT2D eigenvalue weighted by atomic mass is 9.68. The molecular weight excluding hydrogens is 178 g/mol. The molecule has 0 bridgehead atoms. The van der Waals surface area contributed by atoms with E-state index in [1.807, 2.05) is 7.05 Å². The summed E-state index contributed by atoms with van der Waals surface area (Å²) < 4.78 is 0. The highest BCUT2D eigenvalue weighted by Crippen LogP contribution is 2.41. The van der Waals surface area contributed by atoms with Crippen molar-refractivity contribution in [3.05, 3.63) is 0 Å². The number of carbonyl (C=O) groups is 1. The van der Waals surface area contributed by atoms with Crippen molar-refractivity contribution in [3.63, 3.8) is 0 Å². The first-order valence-corrected chi connectivity index (χ1v) is 5.53. The summed E-state index contributed by atoms with van der Waals surface area (Å²) in [6, 6.07) is 0. The van der Waals surface area contributed by atoms with Gasteiger partial charge in [0.25, 0.3) is 0 Å². The van der Waals surface area contributed by atoms with Crippen molar-refractivity contribution in [2.24, 2.45) is 5.41 Å². The molecular formula is C11H21NO2. The fourth-order valence-corrected chi connectivity index (χ4v) is 2.07. The van der Waals surface area contributed by atoms with Gasteiger partial charge in [-0.3, -0.25) is 4.79 Å². The lowest BCUT2D eigenvalue weighted by Crippen LogP contribution is -2.46. The highest BCUT2D eigenvalue weighted by atomic mass is 16.4. The normalized spacial score (nSPS) is 19.4. The number of hydrogen-bond donors (Lipinski definition) is 1. The van der Waals surface area contributed by atoms with Gasteiger partial charge in [-0.2, -0.15) is 0 Å². The molecule has 14 heavy (non-hydrogen) atoms. The minimum Gasteiger partial charge on any atom is -0.481 e. The Morgan fingerprint density at radius 1 is 1.50 bits per heavy atom. The Kier molecular flexibility index (Phi) is 3.93. The van der Waals surface area contributed by atoms with Crippen LogP contribution in [0.15, 0.2) is 0 Å². The second-order valence-corrected chi connectivity index (χ2v) is 4.53. The van der Waals surface area contributed by atoms with Gasteiger partial charge in [0.15, 0.2) is 0 Å². The van der Waals surface area contributed by atoms with Crippen LogP contribution in [0.5, 0.6) is 0 Å².